The summed E-state index contributed by atoms with van der Waals surface area (Å²) in [6.07, 6.45) is 97.8. The summed E-state index contributed by atoms with van der Waals surface area (Å²) >= 11 is 0. The van der Waals surface area contributed by atoms with E-state index in [4.69, 9.17) is 18.9 Å². The fraction of sp³-hybridized carbons (Fsp3) is 0.821. The van der Waals surface area contributed by atoms with Crippen LogP contribution in [0.5, 0.6) is 0 Å². The van der Waals surface area contributed by atoms with E-state index in [1.807, 2.05) is 21.1 Å². The second-order valence-electron chi connectivity index (χ2n) is 28.3. The van der Waals surface area contributed by atoms with Crippen molar-refractivity contribution in [2.75, 3.05) is 47.5 Å². The van der Waals surface area contributed by atoms with Crippen molar-refractivity contribution in [3.05, 3.63) is 72.9 Å². The van der Waals surface area contributed by atoms with E-state index in [0.29, 0.717) is 17.4 Å². The number of hydrogen-bond donors (Lipinski definition) is 1. The van der Waals surface area contributed by atoms with Gasteiger partial charge in [0.25, 0.3) is 6.29 Å². The van der Waals surface area contributed by atoms with Crippen molar-refractivity contribution in [1.82, 2.24) is 0 Å². The molecule has 0 aliphatic heterocycles. The molecule has 0 aliphatic rings. The highest BCUT2D eigenvalue weighted by molar-refractivity contribution is 5.71. The smallest absolute Gasteiger partial charge is 0.361 e. The van der Waals surface area contributed by atoms with Crippen LogP contribution in [0.1, 0.15) is 386 Å². The topological polar surface area (TPSA) is 108 Å². The number of carboxylic acid groups (broad SMARTS) is 1. The lowest BCUT2D eigenvalue weighted by Gasteiger charge is -2.25. The van der Waals surface area contributed by atoms with Crippen LogP contribution in [-0.2, 0) is 33.3 Å². The van der Waals surface area contributed by atoms with E-state index in [2.05, 4.69) is 86.8 Å². The zero-order valence-corrected chi connectivity index (χ0v) is 62.2. The predicted octanol–water partition coefficient (Wildman–Crippen LogP) is 25.6. The summed E-state index contributed by atoms with van der Waals surface area (Å²) < 4.78 is 23.1. The van der Waals surface area contributed by atoms with Crippen LogP contribution in [0.25, 0.3) is 0 Å². The molecule has 0 aromatic heterocycles. The average molecular weight is 1310 g/mol. The Morgan fingerprint density at radius 1 is 0.333 bits per heavy atom. The van der Waals surface area contributed by atoms with Gasteiger partial charge in [0.15, 0.2) is 6.10 Å². The van der Waals surface area contributed by atoms with Gasteiger partial charge in [-0.25, -0.2) is 4.79 Å². The number of aliphatic carboxylic acids is 1. The number of likely N-dealkylation sites (N-methyl/N-ethyl adjacent to an activating group) is 1. The molecule has 0 saturated heterocycles. The van der Waals surface area contributed by atoms with Crippen LogP contribution in [0.4, 0.5) is 0 Å². The Labute approximate surface area is 577 Å². The highest BCUT2D eigenvalue weighted by Gasteiger charge is 2.25. The lowest BCUT2D eigenvalue weighted by atomic mass is 10.0. The number of carbonyl (C=O) groups excluding carboxylic acids is 2. The number of ether oxygens (including phenoxy) is 4. The number of carboxylic acids is 1. The van der Waals surface area contributed by atoms with Crippen molar-refractivity contribution in [2.45, 2.75) is 399 Å². The van der Waals surface area contributed by atoms with E-state index in [0.717, 1.165) is 70.6 Å². The van der Waals surface area contributed by atoms with Crippen LogP contribution in [0, 0.1) is 0 Å². The highest BCUT2D eigenvalue weighted by Crippen LogP contribution is 2.19. The summed E-state index contributed by atoms with van der Waals surface area (Å²) in [5.41, 5.74) is 0. The molecule has 0 heterocycles. The predicted molar refractivity (Wildman–Crippen MR) is 401 cm³/mol. The van der Waals surface area contributed by atoms with Gasteiger partial charge < -0.3 is 28.5 Å². The minimum Gasteiger partial charge on any atom is -0.477 e. The molecular weight excluding hydrogens is 1150 g/mol. The number of hydrogen-bond acceptors (Lipinski definition) is 7. The molecule has 0 fully saturated rings. The third kappa shape index (κ3) is 76.0. The second kappa shape index (κ2) is 74.5. The van der Waals surface area contributed by atoms with Gasteiger partial charge in [0, 0.05) is 12.8 Å². The van der Waals surface area contributed by atoms with Crippen molar-refractivity contribution < 1.29 is 42.9 Å². The Balaban J connectivity index is 3.96. The third-order valence-corrected chi connectivity index (χ3v) is 17.9. The normalized spacial score (nSPS) is 13.0. The highest BCUT2D eigenvalue weighted by atomic mass is 16.7. The standard InChI is InChI=1S/C84H153NO8/c1-6-8-10-12-14-16-18-20-22-24-26-28-30-32-34-36-37-38-39-40-41-42-43-44-45-47-48-50-52-54-56-58-60-62-64-66-68-70-72-74-81(86)91-78-80(79-92-84(83(88)89)90-77-76-85(3,4)5)93-82(87)75-73-71-69-67-65-63-61-59-57-55-53-51-49-46-35-33-31-29-27-25-23-21-19-17-15-13-11-9-7-2/h9,11,15,17-18,20-21,23-24,26-27,29,80,84H,6-8,10,12-14,16,19,22,25,28,30-79H2,1-5H3/p+1/b11-9-,17-15-,20-18-,23-21-,26-24-,29-27-. The molecule has 0 radical (unpaired) electrons. The van der Waals surface area contributed by atoms with Crippen molar-refractivity contribution >= 4 is 17.9 Å². The minimum absolute atomic E-state index is 0.178. The summed E-state index contributed by atoms with van der Waals surface area (Å²) in [7, 11) is 5.99. The van der Waals surface area contributed by atoms with Crippen LogP contribution in [0.15, 0.2) is 72.9 Å². The molecule has 0 saturated carbocycles. The quantitative estimate of drug-likeness (QED) is 0.0211. The van der Waals surface area contributed by atoms with Gasteiger partial charge >= 0.3 is 17.9 Å². The number of unbranched alkanes of at least 4 members (excludes halogenated alkanes) is 48. The third-order valence-electron chi connectivity index (χ3n) is 17.9. The van der Waals surface area contributed by atoms with E-state index >= 15 is 0 Å². The SMILES string of the molecule is CC/C=C\C/C=C\C/C=C\C/C=C\CCCCCCCCCCCCCCCCCCC(=O)OC(COC(=O)CCCCCCCCCCCCCCCCCCCCCCCCCCCCC/C=C\C/C=C\CCCCCCC)COC(OCC[N+](C)(C)C)C(=O)O. The first-order valence-electron chi connectivity index (χ1n) is 40.1. The fourth-order valence-corrected chi connectivity index (χ4v) is 11.9. The number of quaternary nitrogens is 1. The molecule has 1 N–H and O–H groups in total. The summed E-state index contributed by atoms with van der Waals surface area (Å²) in [6, 6.07) is 0. The number of rotatable bonds is 75. The Morgan fingerprint density at radius 2 is 0.613 bits per heavy atom. The van der Waals surface area contributed by atoms with Crippen LogP contribution in [-0.4, -0.2) is 87.4 Å². The summed E-state index contributed by atoms with van der Waals surface area (Å²) in [5, 5.41) is 9.77. The largest absolute Gasteiger partial charge is 0.477 e. The Hall–Kier alpha value is -3.27. The summed E-state index contributed by atoms with van der Waals surface area (Å²) in [6.45, 7) is 4.81. The van der Waals surface area contributed by atoms with Crippen LogP contribution < -0.4 is 0 Å². The zero-order valence-electron chi connectivity index (χ0n) is 62.2. The van der Waals surface area contributed by atoms with Crippen LogP contribution >= 0.6 is 0 Å². The molecule has 0 amide bonds. The second-order valence-corrected chi connectivity index (χ2v) is 28.3. The molecule has 9 heteroatoms. The van der Waals surface area contributed by atoms with E-state index < -0.39 is 18.4 Å². The first-order valence-corrected chi connectivity index (χ1v) is 40.1. The minimum atomic E-state index is -1.51. The van der Waals surface area contributed by atoms with Crippen LogP contribution in [0.3, 0.4) is 0 Å². The monoisotopic (exact) mass is 1310 g/mol. The molecule has 0 bridgehead atoms. The first-order chi connectivity index (χ1) is 45.6. The van der Waals surface area contributed by atoms with Crippen molar-refractivity contribution in [3.63, 3.8) is 0 Å². The zero-order chi connectivity index (χ0) is 67.5. The molecule has 0 spiro atoms. The van der Waals surface area contributed by atoms with E-state index in [1.54, 1.807) is 0 Å². The van der Waals surface area contributed by atoms with Crippen LogP contribution in [0.2, 0.25) is 0 Å². The maximum absolute atomic E-state index is 13.0. The van der Waals surface area contributed by atoms with Gasteiger partial charge in [-0.15, -0.1) is 0 Å². The molecule has 542 valence electrons. The van der Waals surface area contributed by atoms with Gasteiger partial charge in [0.05, 0.1) is 34.4 Å². The van der Waals surface area contributed by atoms with Gasteiger partial charge in [-0.05, 0) is 83.5 Å². The number of carbonyl (C=O) groups is 3. The number of esters is 2. The van der Waals surface area contributed by atoms with E-state index in [1.165, 1.54) is 289 Å². The molecule has 0 aromatic rings. The maximum Gasteiger partial charge on any atom is 0.361 e. The van der Waals surface area contributed by atoms with E-state index in [-0.39, 0.29) is 38.2 Å². The maximum atomic E-state index is 13.0. The molecule has 9 nitrogen and oxygen atoms in total. The fourth-order valence-electron chi connectivity index (χ4n) is 11.9. The molecule has 0 rings (SSSR count). The molecule has 2 unspecified atom stereocenters. The Kier molecular flexibility index (Phi) is 71.9. The Bertz CT molecular complexity index is 1760. The van der Waals surface area contributed by atoms with Crippen molar-refractivity contribution in [3.8, 4) is 0 Å². The molecule has 0 aromatic carbocycles. The average Bonchev–Trinajstić information content (AvgIpc) is 3.74. The number of allylic oxidation sites excluding steroid dienone is 12. The Morgan fingerprint density at radius 3 is 0.914 bits per heavy atom. The number of nitrogens with zero attached hydrogens (tertiary/aromatic N) is 1. The lowest BCUT2D eigenvalue weighted by molar-refractivity contribution is -0.870. The van der Waals surface area contributed by atoms with E-state index in [9.17, 15) is 19.5 Å². The van der Waals surface area contributed by atoms with Gasteiger partial charge in [-0.3, -0.25) is 9.59 Å². The van der Waals surface area contributed by atoms with Crippen molar-refractivity contribution in [1.29, 1.82) is 0 Å². The van der Waals surface area contributed by atoms with Gasteiger partial charge in [0.2, 0.25) is 0 Å². The molecule has 2 atom stereocenters. The molecular formula is C84H154NO8+. The molecule has 93 heavy (non-hydrogen) atoms. The van der Waals surface area contributed by atoms with Gasteiger partial charge in [-0.2, -0.15) is 0 Å². The first kappa shape index (κ1) is 89.7. The summed E-state index contributed by atoms with van der Waals surface area (Å²) in [5.74, 6) is -1.98. The molecule has 0 aliphatic carbocycles. The summed E-state index contributed by atoms with van der Waals surface area (Å²) in [4.78, 5) is 37.7. The van der Waals surface area contributed by atoms with Gasteiger partial charge in [-0.1, -0.05) is 363 Å². The van der Waals surface area contributed by atoms with Crippen molar-refractivity contribution in [2.24, 2.45) is 0 Å². The van der Waals surface area contributed by atoms with Gasteiger partial charge in [0.1, 0.15) is 13.2 Å². The lowest BCUT2D eigenvalue weighted by Crippen LogP contribution is -2.40.